The van der Waals surface area contributed by atoms with Crippen molar-refractivity contribution in [2.24, 2.45) is 0 Å². The maximum Gasteiger partial charge on any atom is 0.337 e. The Kier molecular flexibility index (Phi) is 5.01. The SMILES string of the molecule is CNC(C(=O)O)C(=O)Nc1cccc(C(=O)OC)c1. The molecular weight excluding hydrogens is 252 g/mol. The molecule has 3 N–H and O–H groups in total. The predicted octanol–water partition coefficient (Wildman–Crippen LogP) is 0.0843. The van der Waals surface area contributed by atoms with Crippen LogP contribution in [0.1, 0.15) is 10.4 Å². The van der Waals surface area contributed by atoms with Gasteiger partial charge in [-0.3, -0.25) is 10.1 Å². The third-order valence-electron chi connectivity index (χ3n) is 2.35. The normalized spacial score (nSPS) is 11.5. The average molecular weight is 266 g/mol. The summed E-state index contributed by atoms with van der Waals surface area (Å²) in [6.07, 6.45) is 0. The summed E-state index contributed by atoms with van der Waals surface area (Å²) < 4.78 is 4.54. The average Bonchev–Trinajstić information content (AvgIpc) is 2.38. The van der Waals surface area contributed by atoms with Gasteiger partial charge in [-0.15, -0.1) is 0 Å². The van der Waals surface area contributed by atoms with Crippen LogP contribution in [0.3, 0.4) is 0 Å². The van der Waals surface area contributed by atoms with Gasteiger partial charge >= 0.3 is 11.9 Å². The van der Waals surface area contributed by atoms with E-state index >= 15 is 0 Å². The van der Waals surface area contributed by atoms with Crippen LogP contribution in [-0.4, -0.2) is 43.2 Å². The molecule has 0 radical (unpaired) electrons. The number of hydrogen-bond donors (Lipinski definition) is 3. The summed E-state index contributed by atoms with van der Waals surface area (Å²) in [6.45, 7) is 0. The summed E-state index contributed by atoms with van der Waals surface area (Å²) >= 11 is 0. The van der Waals surface area contributed by atoms with Gasteiger partial charge in [-0.2, -0.15) is 0 Å². The number of esters is 1. The Bertz CT molecular complexity index is 501. The van der Waals surface area contributed by atoms with Crippen molar-refractivity contribution in [2.45, 2.75) is 6.04 Å². The molecule has 0 aliphatic carbocycles. The van der Waals surface area contributed by atoms with Crippen molar-refractivity contribution in [1.82, 2.24) is 5.32 Å². The number of aliphatic carboxylic acids is 1. The van der Waals surface area contributed by atoms with Crippen molar-refractivity contribution >= 4 is 23.5 Å². The number of nitrogens with one attached hydrogen (secondary N) is 2. The van der Waals surface area contributed by atoms with E-state index in [4.69, 9.17) is 5.11 Å². The van der Waals surface area contributed by atoms with E-state index in [1.165, 1.54) is 26.3 Å². The van der Waals surface area contributed by atoms with Gasteiger partial charge in [-0.1, -0.05) is 6.07 Å². The minimum atomic E-state index is -1.36. The Morgan fingerprint density at radius 3 is 2.53 bits per heavy atom. The zero-order chi connectivity index (χ0) is 14.4. The van der Waals surface area contributed by atoms with E-state index in [1.54, 1.807) is 12.1 Å². The number of carboxylic acid groups (broad SMARTS) is 1. The summed E-state index contributed by atoms with van der Waals surface area (Å²) in [5.74, 6) is -2.55. The van der Waals surface area contributed by atoms with Gasteiger partial charge in [0, 0.05) is 5.69 Å². The second-order valence-corrected chi connectivity index (χ2v) is 3.62. The molecule has 7 nitrogen and oxygen atoms in total. The molecule has 102 valence electrons. The molecular formula is C12H14N2O5. The first kappa shape index (κ1) is 14.7. The Morgan fingerprint density at radius 2 is 2.00 bits per heavy atom. The van der Waals surface area contributed by atoms with Gasteiger partial charge in [0.1, 0.15) is 0 Å². The Balaban J connectivity index is 2.85. The van der Waals surface area contributed by atoms with Crippen LogP contribution in [0.25, 0.3) is 0 Å². The number of methoxy groups -OCH3 is 1. The maximum atomic E-state index is 11.7. The van der Waals surface area contributed by atoms with Gasteiger partial charge in [-0.05, 0) is 25.2 Å². The summed E-state index contributed by atoms with van der Waals surface area (Å²) in [6, 6.07) is 4.66. The molecule has 0 saturated heterocycles. The molecule has 0 saturated carbocycles. The van der Waals surface area contributed by atoms with Crippen molar-refractivity contribution in [1.29, 1.82) is 0 Å². The number of carbonyl (C=O) groups is 3. The van der Waals surface area contributed by atoms with Crippen LogP contribution in [0.4, 0.5) is 5.69 Å². The topological polar surface area (TPSA) is 105 Å². The molecule has 0 aliphatic heterocycles. The number of carboxylic acids is 1. The van der Waals surface area contributed by atoms with Crippen molar-refractivity contribution in [2.75, 3.05) is 19.5 Å². The van der Waals surface area contributed by atoms with E-state index in [-0.39, 0.29) is 5.56 Å². The zero-order valence-corrected chi connectivity index (χ0v) is 10.5. The minimum absolute atomic E-state index is 0.261. The van der Waals surface area contributed by atoms with Crippen molar-refractivity contribution in [3.63, 3.8) is 0 Å². The molecule has 0 bridgehead atoms. The lowest BCUT2D eigenvalue weighted by Gasteiger charge is -2.12. The summed E-state index contributed by atoms with van der Waals surface area (Å²) in [5, 5.41) is 13.6. The first-order chi connectivity index (χ1) is 8.99. The van der Waals surface area contributed by atoms with E-state index in [2.05, 4.69) is 15.4 Å². The summed E-state index contributed by atoms with van der Waals surface area (Å²) in [5.41, 5.74) is 0.575. The molecule has 0 fully saturated rings. The highest BCUT2D eigenvalue weighted by Gasteiger charge is 2.24. The highest BCUT2D eigenvalue weighted by Crippen LogP contribution is 2.11. The molecule has 19 heavy (non-hydrogen) atoms. The van der Waals surface area contributed by atoms with Gasteiger partial charge in [0.15, 0.2) is 6.04 Å². The van der Waals surface area contributed by atoms with Gasteiger partial charge in [0.05, 0.1) is 12.7 Å². The standard InChI is InChI=1S/C12H14N2O5/c1-13-9(11(16)17)10(15)14-8-5-3-4-7(6-8)12(18)19-2/h3-6,9,13H,1-2H3,(H,14,15)(H,16,17). The Hall–Kier alpha value is -2.41. The van der Waals surface area contributed by atoms with Crippen molar-refractivity contribution in [3.05, 3.63) is 29.8 Å². The fraction of sp³-hybridized carbons (Fsp3) is 0.250. The first-order valence-corrected chi connectivity index (χ1v) is 5.39. The van der Waals surface area contributed by atoms with E-state index in [0.29, 0.717) is 5.69 Å². The van der Waals surface area contributed by atoms with E-state index < -0.39 is 23.9 Å². The molecule has 1 atom stereocenters. The predicted molar refractivity (Wildman–Crippen MR) is 66.9 cm³/mol. The fourth-order valence-corrected chi connectivity index (χ4v) is 1.42. The quantitative estimate of drug-likeness (QED) is 0.515. The second-order valence-electron chi connectivity index (χ2n) is 3.62. The van der Waals surface area contributed by atoms with E-state index in [1.807, 2.05) is 0 Å². The second kappa shape index (κ2) is 6.50. The zero-order valence-electron chi connectivity index (χ0n) is 10.5. The van der Waals surface area contributed by atoms with Crippen molar-refractivity contribution < 1.29 is 24.2 Å². The first-order valence-electron chi connectivity index (χ1n) is 5.39. The van der Waals surface area contributed by atoms with Crippen LogP contribution >= 0.6 is 0 Å². The third-order valence-corrected chi connectivity index (χ3v) is 2.35. The van der Waals surface area contributed by atoms with Crippen LogP contribution in [-0.2, 0) is 14.3 Å². The highest BCUT2D eigenvalue weighted by molar-refractivity contribution is 6.08. The smallest absolute Gasteiger partial charge is 0.337 e. The number of anilines is 1. The molecule has 1 aromatic carbocycles. The highest BCUT2D eigenvalue weighted by atomic mass is 16.5. The number of hydrogen-bond acceptors (Lipinski definition) is 5. The van der Waals surface area contributed by atoms with Crippen molar-refractivity contribution in [3.8, 4) is 0 Å². The van der Waals surface area contributed by atoms with Crippen LogP contribution in [0.5, 0.6) is 0 Å². The lowest BCUT2D eigenvalue weighted by molar-refractivity contribution is -0.142. The molecule has 1 rings (SSSR count). The maximum absolute atomic E-state index is 11.7. The molecule has 0 aromatic heterocycles. The number of benzene rings is 1. The van der Waals surface area contributed by atoms with Crippen LogP contribution < -0.4 is 10.6 Å². The van der Waals surface area contributed by atoms with E-state index in [9.17, 15) is 14.4 Å². The third kappa shape index (κ3) is 3.78. The monoisotopic (exact) mass is 266 g/mol. The molecule has 1 unspecified atom stereocenters. The number of carbonyl (C=O) groups excluding carboxylic acids is 2. The molecule has 0 spiro atoms. The van der Waals surface area contributed by atoms with Gasteiger partial charge in [0.2, 0.25) is 0 Å². The molecule has 1 aromatic rings. The van der Waals surface area contributed by atoms with Gasteiger partial charge < -0.3 is 15.2 Å². The number of amides is 1. The largest absolute Gasteiger partial charge is 0.480 e. The lowest BCUT2D eigenvalue weighted by Crippen LogP contribution is -2.44. The Morgan fingerprint density at radius 1 is 1.32 bits per heavy atom. The number of likely N-dealkylation sites (N-methyl/N-ethyl adjacent to an activating group) is 1. The van der Waals surface area contributed by atoms with Crippen LogP contribution in [0.15, 0.2) is 24.3 Å². The van der Waals surface area contributed by atoms with Gasteiger partial charge in [0.25, 0.3) is 5.91 Å². The van der Waals surface area contributed by atoms with E-state index in [0.717, 1.165) is 0 Å². The number of rotatable bonds is 5. The lowest BCUT2D eigenvalue weighted by atomic mass is 10.2. The summed E-state index contributed by atoms with van der Waals surface area (Å²) in [7, 11) is 2.61. The minimum Gasteiger partial charge on any atom is -0.480 e. The van der Waals surface area contributed by atoms with Crippen LogP contribution in [0, 0.1) is 0 Å². The van der Waals surface area contributed by atoms with Gasteiger partial charge in [-0.25, -0.2) is 9.59 Å². The number of ether oxygens (including phenoxy) is 1. The molecule has 0 heterocycles. The fourth-order valence-electron chi connectivity index (χ4n) is 1.42. The molecule has 7 heteroatoms. The molecule has 0 aliphatic rings. The Labute approximate surface area is 109 Å². The van der Waals surface area contributed by atoms with Crippen LogP contribution in [0.2, 0.25) is 0 Å². The summed E-state index contributed by atoms with van der Waals surface area (Å²) in [4.78, 5) is 33.8. The molecule has 1 amide bonds.